The smallest absolute Gasteiger partial charge is 0.188 e. The van der Waals surface area contributed by atoms with E-state index in [9.17, 15) is 0 Å². The average molecular weight is 511 g/mol. The Morgan fingerprint density at radius 3 is 2.18 bits per heavy atom. The number of guanidine groups is 1. The van der Waals surface area contributed by atoms with Crippen LogP contribution in [-0.4, -0.2) is 62.5 Å². The minimum Gasteiger partial charge on any atom is -0.457 e. The lowest BCUT2D eigenvalue weighted by Crippen LogP contribution is -2.54. The van der Waals surface area contributed by atoms with Crippen LogP contribution >= 0.6 is 0 Å². The number of piperazine rings is 1. The molecule has 0 bridgehead atoms. The number of ether oxygens (including phenoxy) is 1. The van der Waals surface area contributed by atoms with Crippen LogP contribution in [0.15, 0.2) is 67.1 Å². The largest absolute Gasteiger partial charge is 0.457 e. The van der Waals surface area contributed by atoms with Gasteiger partial charge in [0.25, 0.3) is 0 Å². The van der Waals surface area contributed by atoms with Crippen LogP contribution in [-0.2, 0) is 0 Å². The Bertz CT molecular complexity index is 1400. The molecule has 6 rings (SSSR count). The molecule has 2 aromatic heterocycles. The highest BCUT2D eigenvalue weighted by Gasteiger charge is 2.30. The molecule has 0 spiro atoms. The van der Waals surface area contributed by atoms with Gasteiger partial charge in [0.05, 0.1) is 5.39 Å². The standard InChI is InChI=1S/C29H34N8O/c30-27-26-25(20-6-12-24(13-7-20)38-23-4-2-1-3-5-23)18-37(28(26)34-19-33-27)22-10-8-21(9-11-22)35-14-16-36(17-15-35)29(31)32/h1-7,12-13,18-19,21-22H,8-11,14-17H2,(H3,31,32)(H2,30,33,34)/t21-,22+. The number of hydrogen-bond donors (Lipinski definition) is 3. The van der Waals surface area contributed by atoms with E-state index >= 15 is 0 Å². The molecule has 1 saturated heterocycles. The summed E-state index contributed by atoms with van der Waals surface area (Å²) in [6, 6.07) is 18.9. The van der Waals surface area contributed by atoms with Gasteiger partial charge in [0, 0.05) is 50.0 Å². The number of nitrogens with one attached hydrogen (secondary N) is 1. The third-order valence-corrected chi connectivity index (χ3v) is 8.01. The molecule has 9 nitrogen and oxygen atoms in total. The maximum atomic E-state index is 7.68. The zero-order chi connectivity index (χ0) is 26.1. The maximum Gasteiger partial charge on any atom is 0.188 e. The molecule has 196 valence electrons. The van der Waals surface area contributed by atoms with Gasteiger partial charge in [-0.1, -0.05) is 30.3 Å². The number of hydrogen-bond acceptors (Lipinski definition) is 6. The summed E-state index contributed by atoms with van der Waals surface area (Å²) in [6.45, 7) is 3.62. The normalized spacial score (nSPS) is 20.5. The van der Waals surface area contributed by atoms with E-state index in [1.165, 1.54) is 0 Å². The second-order valence-corrected chi connectivity index (χ2v) is 10.2. The molecular formula is C29H34N8O. The predicted octanol–water partition coefficient (Wildman–Crippen LogP) is 4.47. The fraction of sp³-hybridized carbons (Fsp3) is 0.345. The Morgan fingerprint density at radius 1 is 0.842 bits per heavy atom. The summed E-state index contributed by atoms with van der Waals surface area (Å²) < 4.78 is 8.30. The molecule has 4 aromatic rings. The lowest BCUT2D eigenvalue weighted by molar-refractivity contribution is 0.0960. The van der Waals surface area contributed by atoms with Crippen molar-refractivity contribution in [3.63, 3.8) is 0 Å². The van der Waals surface area contributed by atoms with E-state index < -0.39 is 0 Å². The first kappa shape index (κ1) is 24.2. The number of nitrogens with two attached hydrogens (primary N) is 2. The summed E-state index contributed by atoms with van der Waals surface area (Å²) in [4.78, 5) is 13.5. The summed E-state index contributed by atoms with van der Waals surface area (Å²) in [5.41, 5.74) is 15.1. The third kappa shape index (κ3) is 4.77. The first-order valence-corrected chi connectivity index (χ1v) is 13.3. The van der Waals surface area contributed by atoms with Crippen molar-refractivity contribution in [2.75, 3.05) is 31.9 Å². The second-order valence-electron chi connectivity index (χ2n) is 10.2. The number of anilines is 1. The summed E-state index contributed by atoms with van der Waals surface area (Å²) >= 11 is 0. The van der Waals surface area contributed by atoms with Crippen LogP contribution in [0.1, 0.15) is 31.7 Å². The zero-order valence-electron chi connectivity index (χ0n) is 21.5. The van der Waals surface area contributed by atoms with Crippen molar-refractivity contribution in [2.24, 2.45) is 5.73 Å². The quantitative estimate of drug-likeness (QED) is 0.267. The molecule has 0 unspecified atom stereocenters. The number of nitrogen functional groups attached to an aromatic ring is 1. The highest BCUT2D eigenvalue weighted by Crippen LogP contribution is 2.39. The van der Waals surface area contributed by atoms with E-state index in [4.69, 9.17) is 21.6 Å². The molecule has 0 atom stereocenters. The van der Waals surface area contributed by atoms with Gasteiger partial charge in [-0.15, -0.1) is 0 Å². The molecule has 0 amide bonds. The van der Waals surface area contributed by atoms with E-state index in [0.717, 1.165) is 85.5 Å². The summed E-state index contributed by atoms with van der Waals surface area (Å²) in [6.07, 6.45) is 8.25. The fourth-order valence-corrected chi connectivity index (χ4v) is 5.96. The van der Waals surface area contributed by atoms with Crippen LogP contribution in [0.3, 0.4) is 0 Å². The van der Waals surface area contributed by atoms with E-state index in [0.29, 0.717) is 17.9 Å². The number of nitrogens with zero attached hydrogens (tertiary/aromatic N) is 5. The Hall–Kier alpha value is -4.11. The minimum atomic E-state index is 0.184. The minimum absolute atomic E-state index is 0.184. The SMILES string of the molecule is N=C(N)N1CCN([C@H]2CC[C@@H](n3cc(-c4ccc(Oc5ccccc5)cc4)c4c(N)ncnc43)CC2)CC1. The number of aromatic nitrogens is 3. The monoisotopic (exact) mass is 510 g/mol. The average Bonchev–Trinajstić information content (AvgIpc) is 3.35. The van der Waals surface area contributed by atoms with Crippen LogP contribution < -0.4 is 16.2 Å². The topological polar surface area (TPSA) is 122 Å². The van der Waals surface area contributed by atoms with Gasteiger partial charge >= 0.3 is 0 Å². The molecule has 1 saturated carbocycles. The molecule has 3 heterocycles. The summed E-state index contributed by atoms with van der Waals surface area (Å²) in [5.74, 6) is 2.29. The number of fused-ring (bicyclic) bond motifs is 1. The lowest BCUT2D eigenvalue weighted by Gasteiger charge is -2.42. The van der Waals surface area contributed by atoms with Crippen molar-refractivity contribution >= 4 is 22.8 Å². The molecule has 1 aliphatic carbocycles. The summed E-state index contributed by atoms with van der Waals surface area (Å²) in [7, 11) is 0. The van der Waals surface area contributed by atoms with Gasteiger partial charge in [-0.2, -0.15) is 0 Å². The van der Waals surface area contributed by atoms with Crippen molar-refractivity contribution in [3.05, 3.63) is 67.1 Å². The van der Waals surface area contributed by atoms with Crippen LogP contribution in [0.5, 0.6) is 11.5 Å². The van der Waals surface area contributed by atoms with Crippen molar-refractivity contribution < 1.29 is 4.74 Å². The molecule has 2 fully saturated rings. The number of benzene rings is 2. The van der Waals surface area contributed by atoms with Gasteiger partial charge < -0.3 is 25.7 Å². The second kappa shape index (κ2) is 10.3. The third-order valence-electron chi connectivity index (χ3n) is 8.01. The molecule has 9 heteroatoms. The van der Waals surface area contributed by atoms with Gasteiger partial charge in [0.15, 0.2) is 5.96 Å². The Labute approximate surface area is 222 Å². The van der Waals surface area contributed by atoms with Gasteiger partial charge in [0.2, 0.25) is 0 Å². The van der Waals surface area contributed by atoms with E-state index in [1.807, 2.05) is 47.4 Å². The molecule has 5 N–H and O–H groups in total. The van der Waals surface area contributed by atoms with Crippen LogP contribution in [0.2, 0.25) is 0 Å². The van der Waals surface area contributed by atoms with E-state index in [1.54, 1.807) is 6.33 Å². The molecule has 2 aromatic carbocycles. The molecule has 0 radical (unpaired) electrons. The Balaban J connectivity index is 1.20. The van der Waals surface area contributed by atoms with Crippen molar-refractivity contribution in [3.8, 4) is 22.6 Å². The van der Waals surface area contributed by atoms with Gasteiger partial charge in [-0.25, -0.2) is 9.97 Å². The highest BCUT2D eigenvalue weighted by atomic mass is 16.5. The predicted molar refractivity (Wildman–Crippen MR) is 150 cm³/mol. The van der Waals surface area contributed by atoms with Crippen LogP contribution in [0, 0.1) is 5.41 Å². The number of para-hydroxylation sites is 1. The Kier molecular flexibility index (Phi) is 6.59. The molecular weight excluding hydrogens is 476 g/mol. The van der Waals surface area contributed by atoms with Gasteiger partial charge in [-0.3, -0.25) is 10.3 Å². The van der Waals surface area contributed by atoms with E-state index in [-0.39, 0.29) is 5.96 Å². The lowest BCUT2D eigenvalue weighted by atomic mass is 9.89. The first-order chi connectivity index (χ1) is 18.6. The fourth-order valence-electron chi connectivity index (χ4n) is 5.96. The number of rotatable bonds is 5. The van der Waals surface area contributed by atoms with Crippen LogP contribution in [0.25, 0.3) is 22.2 Å². The summed E-state index contributed by atoms with van der Waals surface area (Å²) in [5, 5.41) is 8.59. The highest BCUT2D eigenvalue weighted by molar-refractivity contribution is 6.00. The molecule has 1 aliphatic heterocycles. The van der Waals surface area contributed by atoms with Crippen molar-refractivity contribution in [2.45, 2.75) is 37.8 Å². The maximum absolute atomic E-state index is 7.68. The molecule has 38 heavy (non-hydrogen) atoms. The van der Waals surface area contributed by atoms with Gasteiger partial charge in [0.1, 0.15) is 29.3 Å². The van der Waals surface area contributed by atoms with Crippen molar-refractivity contribution in [1.29, 1.82) is 5.41 Å². The molecule has 2 aliphatic rings. The van der Waals surface area contributed by atoms with Crippen LogP contribution in [0.4, 0.5) is 5.82 Å². The Morgan fingerprint density at radius 2 is 1.50 bits per heavy atom. The van der Waals surface area contributed by atoms with Crippen molar-refractivity contribution in [1.82, 2.24) is 24.3 Å². The van der Waals surface area contributed by atoms with E-state index in [2.05, 4.69) is 37.8 Å². The zero-order valence-corrected chi connectivity index (χ0v) is 21.5. The first-order valence-electron chi connectivity index (χ1n) is 13.3. The van der Waals surface area contributed by atoms with Gasteiger partial charge in [-0.05, 0) is 55.5 Å².